The Morgan fingerprint density at radius 1 is 1.32 bits per heavy atom. The lowest BCUT2D eigenvalue weighted by Crippen LogP contribution is -2.50. The number of piperidine rings is 1. The third kappa shape index (κ3) is 4.31. The average Bonchev–Trinajstić information content (AvgIpc) is 2.53. The first-order valence-corrected chi connectivity index (χ1v) is 8.48. The second kappa shape index (κ2) is 8.30. The fourth-order valence-corrected chi connectivity index (χ4v) is 3.30. The van der Waals surface area contributed by atoms with E-state index in [1.54, 1.807) is 0 Å². The summed E-state index contributed by atoms with van der Waals surface area (Å²) in [7, 11) is 0. The van der Waals surface area contributed by atoms with E-state index in [0.717, 1.165) is 38.0 Å². The number of hydrogen-bond donors (Lipinski definition) is 2. The van der Waals surface area contributed by atoms with E-state index < -0.39 is 0 Å². The molecule has 22 heavy (non-hydrogen) atoms. The smallest absolute Gasteiger partial charge is 0.242 e. The van der Waals surface area contributed by atoms with Crippen LogP contribution in [0.25, 0.3) is 0 Å². The molecule has 0 radical (unpaired) electrons. The first-order chi connectivity index (χ1) is 10.7. The first kappa shape index (κ1) is 17.0. The predicted molar refractivity (Wildman–Crippen MR) is 90.7 cm³/mol. The number of carbonyl (C=O) groups is 1. The SMILES string of the molecule is CCN(CC)C(C(=O)NC1CCNC(C)C1)c1ccccc1. The van der Waals surface area contributed by atoms with E-state index in [2.05, 4.69) is 36.3 Å². The summed E-state index contributed by atoms with van der Waals surface area (Å²) in [5.74, 6) is 0.133. The molecule has 122 valence electrons. The minimum Gasteiger partial charge on any atom is -0.352 e. The van der Waals surface area contributed by atoms with Crippen LogP contribution in [-0.2, 0) is 4.79 Å². The molecule has 3 unspecified atom stereocenters. The molecule has 1 aromatic carbocycles. The molecule has 1 heterocycles. The zero-order chi connectivity index (χ0) is 15.9. The molecule has 4 nitrogen and oxygen atoms in total. The van der Waals surface area contributed by atoms with E-state index in [-0.39, 0.29) is 18.0 Å². The zero-order valence-electron chi connectivity index (χ0n) is 14.0. The quantitative estimate of drug-likeness (QED) is 0.848. The third-order valence-corrected chi connectivity index (χ3v) is 4.51. The van der Waals surface area contributed by atoms with Gasteiger partial charge in [-0.25, -0.2) is 0 Å². The maximum atomic E-state index is 12.9. The van der Waals surface area contributed by atoms with Crippen molar-refractivity contribution in [3.05, 3.63) is 35.9 Å². The van der Waals surface area contributed by atoms with Crippen LogP contribution < -0.4 is 10.6 Å². The van der Waals surface area contributed by atoms with Gasteiger partial charge in [0.1, 0.15) is 6.04 Å². The highest BCUT2D eigenvalue weighted by Crippen LogP contribution is 2.21. The highest BCUT2D eigenvalue weighted by Gasteiger charge is 2.28. The molecule has 4 heteroatoms. The number of rotatable bonds is 6. The van der Waals surface area contributed by atoms with Crippen molar-refractivity contribution in [2.45, 2.75) is 51.7 Å². The maximum Gasteiger partial charge on any atom is 0.242 e. The van der Waals surface area contributed by atoms with E-state index in [1.165, 1.54) is 0 Å². The highest BCUT2D eigenvalue weighted by molar-refractivity contribution is 5.83. The van der Waals surface area contributed by atoms with E-state index >= 15 is 0 Å². The molecule has 3 atom stereocenters. The van der Waals surface area contributed by atoms with Gasteiger partial charge in [-0.3, -0.25) is 9.69 Å². The van der Waals surface area contributed by atoms with Crippen molar-refractivity contribution in [2.75, 3.05) is 19.6 Å². The van der Waals surface area contributed by atoms with Gasteiger partial charge >= 0.3 is 0 Å². The Kier molecular flexibility index (Phi) is 6.40. The Bertz CT molecular complexity index is 459. The van der Waals surface area contributed by atoms with Gasteiger partial charge in [0.05, 0.1) is 0 Å². The largest absolute Gasteiger partial charge is 0.352 e. The van der Waals surface area contributed by atoms with Gasteiger partial charge in [0.25, 0.3) is 0 Å². The Morgan fingerprint density at radius 2 is 2.00 bits per heavy atom. The molecule has 0 bridgehead atoms. The fourth-order valence-electron chi connectivity index (χ4n) is 3.30. The van der Waals surface area contributed by atoms with Crippen LogP contribution in [0.3, 0.4) is 0 Å². The number of likely N-dealkylation sites (N-methyl/N-ethyl adjacent to an activating group) is 1. The van der Waals surface area contributed by atoms with Gasteiger partial charge in [-0.05, 0) is 45.0 Å². The number of carbonyl (C=O) groups excluding carboxylic acids is 1. The summed E-state index contributed by atoms with van der Waals surface area (Å²) in [4.78, 5) is 15.1. The van der Waals surface area contributed by atoms with Crippen LogP contribution in [0.2, 0.25) is 0 Å². The van der Waals surface area contributed by atoms with Gasteiger partial charge in [0, 0.05) is 12.1 Å². The molecule has 0 aromatic heterocycles. The van der Waals surface area contributed by atoms with Gasteiger partial charge in [0.15, 0.2) is 0 Å². The van der Waals surface area contributed by atoms with Gasteiger partial charge in [-0.15, -0.1) is 0 Å². The fraction of sp³-hybridized carbons (Fsp3) is 0.611. The summed E-state index contributed by atoms with van der Waals surface area (Å²) in [5.41, 5.74) is 1.07. The topological polar surface area (TPSA) is 44.4 Å². The lowest BCUT2D eigenvalue weighted by atomic mass is 9.98. The number of benzene rings is 1. The molecular weight excluding hydrogens is 274 g/mol. The lowest BCUT2D eigenvalue weighted by molar-refractivity contribution is -0.127. The molecule has 1 saturated heterocycles. The highest BCUT2D eigenvalue weighted by atomic mass is 16.2. The maximum absolute atomic E-state index is 12.9. The summed E-state index contributed by atoms with van der Waals surface area (Å²) in [6, 6.07) is 10.7. The molecule has 0 spiro atoms. The van der Waals surface area contributed by atoms with Crippen molar-refractivity contribution in [3.63, 3.8) is 0 Å². The second-order valence-electron chi connectivity index (χ2n) is 6.12. The standard InChI is InChI=1S/C18H29N3O/c1-4-21(5-2)17(15-9-7-6-8-10-15)18(22)20-16-11-12-19-14(3)13-16/h6-10,14,16-17,19H,4-5,11-13H2,1-3H3,(H,20,22). The zero-order valence-corrected chi connectivity index (χ0v) is 14.0. The molecule has 0 aliphatic carbocycles. The van der Waals surface area contributed by atoms with E-state index in [4.69, 9.17) is 0 Å². The van der Waals surface area contributed by atoms with Crippen LogP contribution in [0.5, 0.6) is 0 Å². The second-order valence-corrected chi connectivity index (χ2v) is 6.12. The van der Waals surface area contributed by atoms with Crippen LogP contribution in [0.1, 0.15) is 45.2 Å². The van der Waals surface area contributed by atoms with Crippen molar-refractivity contribution >= 4 is 5.91 Å². The summed E-state index contributed by atoms with van der Waals surface area (Å²) < 4.78 is 0. The number of amides is 1. The number of hydrogen-bond acceptors (Lipinski definition) is 3. The molecule has 1 amide bonds. The molecule has 1 fully saturated rings. The molecule has 1 aromatic rings. The van der Waals surface area contributed by atoms with Crippen molar-refractivity contribution in [1.29, 1.82) is 0 Å². The van der Waals surface area contributed by atoms with Crippen LogP contribution in [0.4, 0.5) is 0 Å². The normalized spacial score (nSPS) is 23.3. The predicted octanol–water partition coefficient (Wildman–Crippen LogP) is 2.33. The van der Waals surface area contributed by atoms with Gasteiger partial charge < -0.3 is 10.6 Å². The van der Waals surface area contributed by atoms with Crippen molar-refractivity contribution < 1.29 is 4.79 Å². The van der Waals surface area contributed by atoms with Crippen LogP contribution >= 0.6 is 0 Å². The molecule has 1 aliphatic heterocycles. The van der Waals surface area contributed by atoms with Gasteiger partial charge in [0.2, 0.25) is 5.91 Å². The Labute approximate surface area is 134 Å². The van der Waals surface area contributed by atoms with Crippen LogP contribution in [0, 0.1) is 0 Å². The van der Waals surface area contributed by atoms with Crippen molar-refractivity contribution in [1.82, 2.24) is 15.5 Å². The van der Waals surface area contributed by atoms with Gasteiger partial charge in [-0.2, -0.15) is 0 Å². The number of nitrogens with zero attached hydrogens (tertiary/aromatic N) is 1. The Balaban J connectivity index is 2.12. The number of nitrogens with one attached hydrogen (secondary N) is 2. The molecule has 0 saturated carbocycles. The van der Waals surface area contributed by atoms with Crippen molar-refractivity contribution in [3.8, 4) is 0 Å². The Morgan fingerprint density at radius 3 is 2.59 bits per heavy atom. The average molecular weight is 303 g/mol. The minimum atomic E-state index is -0.193. The summed E-state index contributed by atoms with van der Waals surface area (Å²) >= 11 is 0. The summed E-state index contributed by atoms with van der Waals surface area (Å²) in [6.45, 7) is 9.11. The molecule has 1 aliphatic rings. The van der Waals surface area contributed by atoms with E-state index in [1.807, 2.05) is 30.3 Å². The molecular formula is C18H29N3O. The minimum absolute atomic E-state index is 0.133. The molecule has 2 rings (SSSR count). The van der Waals surface area contributed by atoms with Crippen molar-refractivity contribution in [2.24, 2.45) is 0 Å². The Hall–Kier alpha value is -1.39. The summed E-state index contributed by atoms with van der Waals surface area (Å²) in [6.07, 6.45) is 2.02. The van der Waals surface area contributed by atoms with E-state index in [0.29, 0.717) is 6.04 Å². The monoisotopic (exact) mass is 303 g/mol. The van der Waals surface area contributed by atoms with Crippen LogP contribution in [-0.4, -0.2) is 42.5 Å². The van der Waals surface area contributed by atoms with Crippen LogP contribution in [0.15, 0.2) is 30.3 Å². The summed E-state index contributed by atoms with van der Waals surface area (Å²) in [5, 5.41) is 6.71. The van der Waals surface area contributed by atoms with Gasteiger partial charge in [-0.1, -0.05) is 44.2 Å². The lowest BCUT2D eigenvalue weighted by Gasteiger charge is -2.33. The first-order valence-electron chi connectivity index (χ1n) is 8.48. The molecule has 2 N–H and O–H groups in total. The van der Waals surface area contributed by atoms with E-state index in [9.17, 15) is 4.79 Å². The third-order valence-electron chi connectivity index (χ3n) is 4.51.